The predicted molar refractivity (Wildman–Crippen MR) is 97.8 cm³/mol. The van der Waals surface area contributed by atoms with Crippen molar-refractivity contribution in [3.63, 3.8) is 0 Å². The maximum atomic E-state index is 13.3. The van der Waals surface area contributed by atoms with Gasteiger partial charge in [-0.3, -0.25) is 4.31 Å². The van der Waals surface area contributed by atoms with E-state index in [1.165, 1.54) is 6.20 Å². The molecule has 142 valence electrons. The fourth-order valence-corrected chi connectivity index (χ4v) is 4.10. The Labute approximate surface area is 157 Å². The number of rotatable bonds is 5. The van der Waals surface area contributed by atoms with Gasteiger partial charge in [-0.05, 0) is 19.1 Å². The Morgan fingerprint density at radius 2 is 2.04 bits per heavy atom. The lowest BCUT2D eigenvalue weighted by atomic mass is 10.1. The Morgan fingerprint density at radius 3 is 2.62 bits per heavy atom. The lowest BCUT2D eigenvalue weighted by molar-refractivity contribution is -0.137. The molecule has 2 aromatic rings. The minimum Gasteiger partial charge on any atom is -0.351 e. The van der Waals surface area contributed by atoms with Crippen molar-refractivity contribution in [2.75, 3.05) is 24.7 Å². The summed E-state index contributed by atoms with van der Waals surface area (Å²) in [4.78, 5) is 12.4. The topological polar surface area (TPSA) is 80.0 Å². The van der Waals surface area contributed by atoms with Crippen molar-refractivity contribution < 1.29 is 13.2 Å². The molecule has 0 spiro atoms. The molecule has 0 aromatic carbocycles. The van der Waals surface area contributed by atoms with E-state index < -0.39 is 11.7 Å². The summed E-state index contributed by atoms with van der Waals surface area (Å²) in [7, 11) is 0. The Balaban J connectivity index is 1.85. The monoisotopic (exact) mass is 404 g/mol. The van der Waals surface area contributed by atoms with E-state index in [0.717, 1.165) is 43.5 Å². The Morgan fingerprint density at radius 1 is 1.31 bits per heavy atom. The normalized spacial score (nSPS) is 16.8. The van der Waals surface area contributed by atoms with E-state index in [0.29, 0.717) is 9.88 Å². The summed E-state index contributed by atoms with van der Waals surface area (Å²) < 4.78 is 42.3. The van der Waals surface area contributed by atoms with Gasteiger partial charge in [0, 0.05) is 38.1 Å². The van der Waals surface area contributed by atoms with Gasteiger partial charge in [0.2, 0.25) is 5.95 Å². The smallest absolute Gasteiger partial charge is 0.351 e. The number of nitrogens with two attached hydrogens (primary N) is 1. The van der Waals surface area contributed by atoms with E-state index in [4.69, 9.17) is 5.73 Å². The van der Waals surface area contributed by atoms with Crippen molar-refractivity contribution >= 4 is 29.2 Å². The summed E-state index contributed by atoms with van der Waals surface area (Å²) in [5.41, 5.74) is 4.49. The van der Waals surface area contributed by atoms with Crippen LogP contribution in [0.15, 0.2) is 12.4 Å². The number of hydrogen-bond acceptors (Lipinski definition) is 8. The molecule has 0 saturated carbocycles. The van der Waals surface area contributed by atoms with E-state index in [9.17, 15) is 13.2 Å². The van der Waals surface area contributed by atoms with Crippen LogP contribution in [0.5, 0.6) is 0 Å². The molecule has 6 nitrogen and oxygen atoms in total. The minimum absolute atomic E-state index is 0.143. The lowest BCUT2D eigenvalue weighted by Crippen LogP contribution is -2.35. The fourth-order valence-electron chi connectivity index (χ4n) is 2.73. The van der Waals surface area contributed by atoms with Gasteiger partial charge in [-0.25, -0.2) is 15.0 Å². The Kier molecular flexibility index (Phi) is 6.00. The number of alkyl halides is 3. The minimum atomic E-state index is -4.54. The van der Waals surface area contributed by atoms with E-state index in [-0.39, 0.29) is 24.2 Å². The number of piperidine rings is 1. The number of anilines is 1. The number of aromatic nitrogens is 3. The molecule has 26 heavy (non-hydrogen) atoms. The van der Waals surface area contributed by atoms with Crippen molar-refractivity contribution in [1.29, 1.82) is 0 Å². The SMILES string of the molecule is CSN1CCC(Nc2ncc(C(F)(F)F)c(-c3cnc(CN)s3)n2)CC1. The van der Waals surface area contributed by atoms with Crippen LogP contribution < -0.4 is 11.1 Å². The molecule has 0 radical (unpaired) electrons. The van der Waals surface area contributed by atoms with Gasteiger partial charge in [0.15, 0.2) is 0 Å². The van der Waals surface area contributed by atoms with Crippen molar-refractivity contribution in [3.05, 3.63) is 23.0 Å². The molecule has 1 fully saturated rings. The van der Waals surface area contributed by atoms with E-state index in [1.807, 2.05) is 6.26 Å². The molecule has 3 rings (SSSR count). The molecular formula is C15H19F3N6S2. The highest BCUT2D eigenvalue weighted by molar-refractivity contribution is 7.96. The maximum absolute atomic E-state index is 13.3. The molecule has 2 aromatic heterocycles. The lowest BCUT2D eigenvalue weighted by Gasteiger charge is -2.30. The van der Waals surface area contributed by atoms with Crippen LogP contribution in [0.3, 0.4) is 0 Å². The number of thiazole rings is 1. The van der Waals surface area contributed by atoms with Gasteiger partial charge in [-0.2, -0.15) is 13.2 Å². The first-order chi connectivity index (χ1) is 12.4. The third-order valence-corrected chi connectivity index (χ3v) is 6.01. The van der Waals surface area contributed by atoms with E-state index >= 15 is 0 Å². The quantitative estimate of drug-likeness (QED) is 0.741. The van der Waals surface area contributed by atoms with Crippen molar-refractivity contribution in [2.24, 2.45) is 5.73 Å². The molecule has 3 heterocycles. The zero-order chi connectivity index (χ0) is 18.7. The highest BCUT2D eigenvalue weighted by Crippen LogP contribution is 2.38. The summed E-state index contributed by atoms with van der Waals surface area (Å²) in [6, 6.07) is 0.143. The Bertz CT molecular complexity index is 743. The second-order valence-corrected chi connectivity index (χ2v) is 7.80. The first-order valence-electron chi connectivity index (χ1n) is 8.05. The van der Waals surface area contributed by atoms with Crippen LogP contribution in [0, 0.1) is 0 Å². The molecule has 0 bridgehead atoms. The zero-order valence-corrected chi connectivity index (χ0v) is 15.7. The molecular weight excluding hydrogens is 385 g/mol. The third-order valence-electron chi connectivity index (χ3n) is 4.10. The van der Waals surface area contributed by atoms with Gasteiger partial charge in [-0.15, -0.1) is 11.3 Å². The van der Waals surface area contributed by atoms with Gasteiger partial charge in [0.05, 0.1) is 10.6 Å². The van der Waals surface area contributed by atoms with Crippen LogP contribution in [-0.2, 0) is 12.7 Å². The second-order valence-electron chi connectivity index (χ2n) is 5.81. The first-order valence-corrected chi connectivity index (χ1v) is 10.1. The number of halogens is 3. The van der Waals surface area contributed by atoms with Crippen molar-refractivity contribution in [3.8, 4) is 10.6 Å². The summed E-state index contributed by atoms with van der Waals surface area (Å²) in [5.74, 6) is 0.207. The second kappa shape index (κ2) is 8.07. The molecule has 1 aliphatic heterocycles. The summed E-state index contributed by atoms with van der Waals surface area (Å²) in [6.45, 7) is 2.01. The maximum Gasteiger partial charge on any atom is 0.420 e. The first kappa shape index (κ1) is 19.3. The third kappa shape index (κ3) is 4.45. The highest BCUT2D eigenvalue weighted by atomic mass is 32.2. The van der Waals surface area contributed by atoms with E-state index in [1.54, 1.807) is 11.9 Å². The van der Waals surface area contributed by atoms with Gasteiger partial charge in [0.25, 0.3) is 0 Å². The summed E-state index contributed by atoms with van der Waals surface area (Å²) in [6.07, 6.45) is 1.49. The molecule has 0 unspecified atom stereocenters. The predicted octanol–water partition coefficient (Wildman–Crippen LogP) is 3.23. The van der Waals surface area contributed by atoms with Crippen molar-refractivity contribution in [1.82, 2.24) is 19.3 Å². The molecule has 3 N–H and O–H groups in total. The Hall–Kier alpha value is -1.43. The van der Waals surface area contributed by atoms with Crippen molar-refractivity contribution in [2.45, 2.75) is 31.6 Å². The summed E-state index contributed by atoms with van der Waals surface area (Å²) >= 11 is 2.81. The van der Waals surface area contributed by atoms with Crippen LogP contribution in [0.1, 0.15) is 23.4 Å². The van der Waals surface area contributed by atoms with Crippen LogP contribution in [0.4, 0.5) is 19.1 Å². The van der Waals surface area contributed by atoms with Gasteiger partial charge in [0.1, 0.15) is 10.6 Å². The fraction of sp³-hybridized carbons (Fsp3) is 0.533. The van der Waals surface area contributed by atoms with Crippen LogP contribution in [0.2, 0.25) is 0 Å². The number of nitrogens with zero attached hydrogens (tertiary/aromatic N) is 4. The van der Waals surface area contributed by atoms with Crippen LogP contribution >= 0.6 is 23.3 Å². The van der Waals surface area contributed by atoms with E-state index in [2.05, 4.69) is 24.6 Å². The summed E-state index contributed by atoms with van der Waals surface area (Å²) in [5, 5.41) is 3.73. The average molecular weight is 404 g/mol. The highest BCUT2D eigenvalue weighted by Gasteiger charge is 2.36. The molecule has 0 amide bonds. The van der Waals surface area contributed by atoms with Crippen LogP contribution in [0.25, 0.3) is 10.6 Å². The van der Waals surface area contributed by atoms with Gasteiger partial charge >= 0.3 is 6.18 Å². The average Bonchev–Trinajstić information content (AvgIpc) is 3.10. The largest absolute Gasteiger partial charge is 0.420 e. The molecule has 1 saturated heterocycles. The molecule has 1 aliphatic rings. The van der Waals surface area contributed by atoms with Gasteiger partial charge < -0.3 is 11.1 Å². The standard InChI is InChI=1S/C15H19F3N6S2/c1-25-24-4-2-9(3-5-24)22-14-21-7-10(15(16,17)18)13(23-14)11-8-20-12(6-19)26-11/h7-9H,2-6,19H2,1H3,(H,21,22,23). The molecule has 11 heteroatoms. The molecule has 0 atom stereocenters. The van der Waals surface area contributed by atoms with Gasteiger partial charge in [-0.1, -0.05) is 11.9 Å². The molecule has 0 aliphatic carbocycles. The number of nitrogens with one attached hydrogen (secondary N) is 1. The number of hydrogen-bond donors (Lipinski definition) is 2. The zero-order valence-electron chi connectivity index (χ0n) is 14.1. The van der Waals surface area contributed by atoms with Crippen LogP contribution in [-0.4, -0.2) is 44.6 Å².